The summed E-state index contributed by atoms with van der Waals surface area (Å²) in [7, 11) is 0. The van der Waals surface area contributed by atoms with Crippen LogP contribution in [0.1, 0.15) is 4.88 Å². The largest absolute Gasteiger partial charge is 0.350 e. The molecule has 1 amide bonds. The number of nitrogens with one attached hydrogen (secondary N) is 1. The lowest BCUT2D eigenvalue weighted by Gasteiger charge is -2.06. The Morgan fingerprint density at radius 1 is 1.25 bits per heavy atom. The number of carbonyl (C=O) groups excluding carboxylic acids is 1. The van der Waals surface area contributed by atoms with Crippen molar-refractivity contribution in [2.75, 3.05) is 0 Å². The van der Waals surface area contributed by atoms with Crippen molar-refractivity contribution in [3.8, 4) is 0 Å². The smallest absolute Gasteiger partial charge is 0.271 e. The van der Waals surface area contributed by atoms with Crippen LogP contribution in [0.2, 0.25) is 0 Å². The second-order valence-corrected chi connectivity index (χ2v) is 7.20. The minimum absolute atomic E-state index is 0.0468. The molecule has 0 aliphatic carbocycles. The third kappa shape index (κ3) is 2.70. The fraction of sp³-hybridized carbons (Fsp3) is 0.125. The summed E-state index contributed by atoms with van der Waals surface area (Å²) in [5, 5.41) is 5.63. The van der Waals surface area contributed by atoms with Gasteiger partial charge in [0.2, 0.25) is 5.91 Å². The van der Waals surface area contributed by atoms with E-state index in [2.05, 4.69) is 15.3 Å². The molecule has 8 heteroatoms. The van der Waals surface area contributed by atoms with Gasteiger partial charge in [0.25, 0.3) is 5.56 Å². The third-order valence-electron chi connectivity index (χ3n) is 3.58. The van der Waals surface area contributed by atoms with Crippen LogP contribution in [0, 0.1) is 0 Å². The molecule has 24 heavy (non-hydrogen) atoms. The van der Waals surface area contributed by atoms with Crippen LogP contribution in [0.3, 0.4) is 0 Å². The molecule has 0 atom stereocenters. The molecule has 6 nitrogen and oxygen atoms in total. The minimum atomic E-state index is -0.217. The molecule has 4 rings (SSSR count). The number of hydrogen-bond acceptors (Lipinski definition) is 6. The number of nitrogens with zero attached hydrogens (tertiary/aromatic N) is 3. The lowest BCUT2D eigenvalue weighted by molar-refractivity contribution is -0.121. The minimum Gasteiger partial charge on any atom is -0.350 e. The number of carbonyl (C=O) groups is 1. The summed E-state index contributed by atoms with van der Waals surface area (Å²) < 4.78 is 1.86. The summed E-state index contributed by atoms with van der Waals surface area (Å²) in [6, 6.07) is 7.60. The first-order chi connectivity index (χ1) is 11.7. The molecule has 0 bridgehead atoms. The Balaban J connectivity index is 1.60. The zero-order valence-corrected chi connectivity index (χ0v) is 14.1. The van der Waals surface area contributed by atoms with E-state index in [-0.39, 0.29) is 18.0 Å². The summed E-state index contributed by atoms with van der Waals surface area (Å²) in [6.07, 6.45) is 3.11. The van der Waals surface area contributed by atoms with Gasteiger partial charge >= 0.3 is 0 Å². The highest BCUT2D eigenvalue weighted by Gasteiger charge is 2.13. The summed E-state index contributed by atoms with van der Waals surface area (Å²) in [6.45, 7) is 0.419. The van der Waals surface area contributed by atoms with Crippen molar-refractivity contribution in [3.63, 3.8) is 0 Å². The summed E-state index contributed by atoms with van der Waals surface area (Å²) >= 11 is 2.88. The summed E-state index contributed by atoms with van der Waals surface area (Å²) in [5.41, 5.74) is 0.428. The number of thiophene rings is 2. The molecule has 4 heterocycles. The molecule has 4 aromatic heterocycles. The SMILES string of the molecule is O=C(Cn1cnc2c(sc3ncccc32)c1=O)NCc1cccs1. The molecule has 120 valence electrons. The Labute approximate surface area is 144 Å². The van der Waals surface area contributed by atoms with Crippen molar-refractivity contribution in [1.29, 1.82) is 0 Å². The second-order valence-electron chi connectivity index (χ2n) is 5.17. The highest BCUT2D eigenvalue weighted by Crippen LogP contribution is 2.27. The fourth-order valence-electron chi connectivity index (χ4n) is 2.43. The first kappa shape index (κ1) is 15.0. The van der Waals surface area contributed by atoms with E-state index < -0.39 is 0 Å². The molecule has 0 aliphatic heterocycles. The highest BCUT2D eigenvalue weighted by atomic mass is 32.1. The van der Waals surface area contributed by atoms with E-state index in [4.69, 9.17) is 0 Å². The predicted octanol–water partition coefficient (Wildman–Crippen LogP) is 2.38. The van der Waals surface area contributed by atoms with Gasteiger partial charge in [0.05, 0.1) is 18.4 Å². The van der Waals surface area contributed by atoms with Crippen molar-refractivity contribution in [1.82, 2.24) is 19.9 Å². The number of hydrogen-bond donors (Lipinski definition) is 1. The van der Waals surface area contributed by atoms with Gasteiger partial charge in [0.1, 0.15) is 16.1 Å². The van der Waals surface area contributed by atoms with Gasteiger partial charge in [-0.05, 0) is 23.6 Å². The maximum atomic E-state index is 12.6. The van der Waals surface area contributed by atoms with E-state index in [0.29, 0.717) is 16.8 Å². The molecule has 0 radical (unpaired) electrons. The molecule has 0 saturated heterocycles. The fourth-order valence-corrected chi connectivity index (χ4v) is 4.12. The van der Waals surface area contributed by atoms with E-state index in [1.807, 2.05) is 29.6 Å². The van der Waals surface area contributed by atoms with Gasteiger partial charge in [-0.25, -0.2) is 9.97 Å². The van der Waals surface area contributed by atoms with Crippen LogP contribution in [-0.4, -0.2) is 20.4 Å². The van der Waals surface area contributed by atoms with Crippen LogP contribution >= 0.6 is 22.7 Å². The normalized spacial score (nSPS) is 11.2. The predicted molar refractivity (Wildman–Crippen MR) is 95.3 cm³/mol. The summed E-state index contributed by atoms with van der Waals surface area (Å²) in [5.74, 6) is -0.217. The van der Waals surface area contributed by atoms with Crippen LogP contribution < -0.4 is 10.9 Å². The molecule has 0 spiro atoms. The Morgan fingerprint density at radius 3 is 3.00 bits per heavy atom. The first-order valence-electron chi connectivity index (χ1n) is 7.24. The molecule has 4 aromatic rings. The topological polar surface area (TPSA) is 76.9 Å². The van der Waals surface area contributed by atoms with Gasteiger partial charge in [-0.3, -0.25) is 14.2 Å². The molecule has 0 saturated carbocycles. The van der Waals surface area contributed by atoms with E-state index in [9.17, 15) is 9.59 Å². The first-order valence-corrected chi connectivity index (χ1v) is 8.94. The zero-order chi connectivity index (χ0) is 16.5. The zero-order valence-electron chi connectivity index (χ0n) is 12.4. The monoisotopic (exact) mass is 356 g/mol. The van der Waals surface area contributed by atoms with Gasteiger partial charge < -0.3 is 5.32 Å². The van der Waals surface area contributed by atoms with Gasteiger partial charge in [-0.2, -0.15) is 0 Å². The summed E-state index contributed by atoms with van der Waals surface area (Å²) in [4.78, 5) is 35.1. The Morgan fingerprint density at radius 2 is 2.17 bits per heavy atom. The van der Waals surface area contributed by atoms with Crippen molar-refractivity contribution < 1.29 is 4.79 Å². The second kappa shape index (κ2) is 6.14. The average Bonchev–Trinajstić information content (AvgIpc) is 3.23. The molecule has 1 N–H and O–H groups in total. The van der Waals surface area contributed by atoms with Gasteiger partial charge in [0.15, 0.2) is 0 Å². The van der Waals surface area contributed by atoms with E-state index >= 15 is 0 Å². The van der Waals surface area contributed by atoms with Crippen LogP contribution in [0.15, 0.2) is 47.0 Å². The van der Waals surface area contributed by atoms with Crippen molar-refractivity contribution in [3.05, 3.63) is 57.4 Å². The van der Waals surface area contributed by atoms with Crippen LogP contribution in [-0.2, 0) is 17.9 Å². The molecular formula is C16H12N4O2S2. The standard InChI is InChI=1S/C16H12N4O2S2/c21-12(18-7-10-3-2-6-23-10)8-20-9-19-13-11-4-1-5-17-15(11)24-14(13)16(20)22/h1-6,9H,7-8H2,(H,18,21). The molecule has 0 aliphatic rings. The molecule has 0 unspecified atom stereocenters. The number of fused-ring (bicyclic) bond motifs is 3. The van der Waals surface area contributed by atoms with Crippen molar-refractivity contribution >= 4 is 49.0 Å². The molecular weight excluding hydrogens is 344 g/mol. The van der Waals surface area contributed by atoms with Gasteiger partial charge in [-0.1, -0.05) is 6.07 Å². The number of rotatable bonds is 4. The van der Waals surface area contributed by atoms with Gasteiger partial charge in [-0.15, -0.1) is 22.7 Å². The number of aromatic nitrogens is 3. The Hall–Kier alpha value is -2.58. The highest BCUT2D eigenvalue weighted by molar-refractivity contribution is 7.25. The number of pyridine rings is 1. The van der Waals surface area contributed by atoms with Crippen molar-refractivity contribution in [2.24, 2.45) is 0 Å². The van der Waals surface area contributed by atoms with Crippen LogP contribution in [0.25, 0.3) is 20.4 Å². The maximum absolute atomic E-state index is 12.6. The van der Waals surface area contributed by atoms with Crippen molar-refractivity contribution in [2.45, 2.75) is 13.1 Å². The molecule has 0 fully saturated rings. The lowest BCUT2D eigenvalue weighted by atomic mass is 10.3. The van der Waals surface area contributed by atoms with E-state index in [1.165, 1.54) is 22.2 Å². The maximum Gasteiger partial charge on any atom is 0.271 e. The van der Waals surface area contributed by atoms with Gasteiger partial charge in [0, 0.05) is 16.5 Å². The van der Waals surface area contributed by atoms with E-state index in [1.54, 1.807) is 17.5 Å². The van der Waals surface area contributed by atoms with Crippen LogP contribution in [0.5, 0.6) is 0 Å². The van der Waals surface area contributed by atoms with Crippen LogP contribution in [0.4, 0.5) is 0 Å². The Kier molecular flexibility index (Phi) is 3.83. The van der Waals surface area contributed by atoms with E-state index in [0.717, 1.165) is 15.1 Å². The Bertz CT molecular complexity index is 1080. The lowest BCUT2D eigenvalue weighted by Crippen LogP contribution is -2.31. The third-order valence-corrected chi connectivity index (χ3v) is 5.54. The number of amides is 1. The quantitative estimate of drug-likeness (QED) is 0.609. The molecule has 0 aromatic carbocycles. The average molecular weight is 356 g/mol.